The molecule has 4 heteroatoms. The summed E-state index contributed by atoms with van der Waals surface area (Å²) in [5.41, 5.74) is 1.02. The second kappa shape index (κ2) is 2.50. The summed E-state index contributed by atoms with van der Waals surface area (Å²) < 4.78 is 2.71. The fourth-order valence-electron chi connectivity index (χ4n) is 0.940. The molecule has 0 fully saturated rings. The third-order valence-electron chi connectivity index (χ3n) is 1.45. The summed E-state index contributed by atoms with van der Waals surface area (Å²) in [7, 11) is 0. The first-order chi connectivity index (χ1) is 5.27. The quantitative estimate of drug-likeness (QED) is 0.681. The molecule has 0 aromatic carbocycles. The van der Waals surface area contributed by atoms with E-state index in [1.165, 1.54) is 0 Å². The van der Waals surface area contributed by atoms with Crippen LogP contribution >= 0.6 is 27.5 Å². The highest BCUT2D eigenvalue weighted by atomic mass is 79.9. The van der Waals surface area contributed by atoms with Crippen LogP contribution in [0, 0.1) is 0 Å². The Hall–Kier alpha value is -0.540. The van der Waals surface area contributed by atoms with Gasteiger partial charge in [0.05, 0.1) is 10.5 Å². The Bertz CT molecular complexity index is 396. The zero-order valence-electron chi connectivity index (χ0n) is 5.46. The molecule has 0 atom stereocenters. The number of pyridine rings is 1. The molecule has 0 saturated heterocycles. The number of fused-ring (bicyclic) bond motifs is 1. The second-order valence-electron chi connectivity index (χ2n) is 2.18. The van der Waals surface area contributed by atoms with Gasteiger partial charge in [-0.3, -0.25) is 0 Å². The molecule has 0 aliphatic heterocycles. The van der Waals surface area contributed by atoms with Crippen molar-refractivity contribution >= 4 is 33.0 Å². The summed E-state index contributed by atoms with van der Waals surface area (Å²) in [6.45, 7) is 0. The Morgan fingerprint density at radius 3 is 3.09 bits per heavy atom. The average Bonchev–Trinajstić information content (AvgIpc) is 2.32. The Labute approximate surface area is 76.9 Å². The molecular formula is C7H4BrClN2. The van der Waals surface area contributed by atoms with Crippen molar-refractivity contribution in [2.24, 2.45) is 0 Å². The minimum absolute atomic E-state index is 0.711. The number of nitrogens with zero attached hydrogens (tertiary/aromatic N) is 2. The first kappa shape index (κ1) is 7.13. The van der Waals surface area contributed by atoms with Crippen molar-refractivity contribution < 1.29 is 0 Å². The summed E-state index contributed by atoms with van der Waals surface area (Å²) >= 11 is 9.08. The lowest BCUT2D eigenvalue weighted by atomic mass is 10.4. The van der Waals surface area contributed by atoms with Crippen LogP contribution in [0.25, 0.3) is 5.52 Å². The highest BCUT2D eigenvalue weighted by molar-refractivity contribution is 9.10. The number of imidazole rings is 1. The zero-order valence-corrected chi connectivity index (χ0v) is 7.80. The number of halogens is 2. The van der Waals surface area contributed by atoms with Crippen molar-refractivity contribution in [3.8, 4) is 0 Å². The Balaban J connectivity index is 2.86. The van der Waals surface area contributed by atoms with Crippen LogP contribution in [0.1, 0.15) is 0 Å². The van der Waals surface area contributed by atoms with Crippen LogP contribution in [0.5, 0.6) is 0 Å². The summed E-state index contributed by atoms with van der Waals surface area (Å²) in [4.78, 5) is 4.06. The maximum Gasteiger partial charge on any atom is 0.131 e. The average molecular weight is 231 g/mol. The lowest BCUT2D eigenvalue weighted by molar-refractivity contribution is 1.15. The van der Waals surface area contributed by atoms with Gasteiger partial charge in [0, 0.05) is 6.20 Å². The van der Waals surface area contributed by atoms with E-state index in [1.54, 1.807) is 6.33 Å². The van der Waals surface area contributed by atoms with Crippen LogP contribution in [-0.2, 0) is 0 Å². The largest absolute Gasteiger partial charge is 0.304 e. The highest BCUT2D eigenvalue weighted by Gasteiger charge is 1.99. The van der Waals surface area contributed by atoms with E-state index in [0.29, 0.717) is 5.02 Å². The summed E-state index contributed by atoms with van der Waals surface area (Å²) in [6, 6.07) is 3.75. The predicted molar refractivity (Wildman–Crippen MR) is 47.9 cm³/mol. The molecule has 0 bridgehead atoms. The fraction of sp³-hybridized carbons (Fsp3) is 0. The molecule has 2 nitrogen and oxygen atoms in total. The Kier molecular flexibility index (Phi) is 1.62. The maximum absolute atomic E-state index is 5.76. The Morgan fingerprint density at radius 2 is 2.27 bits per heavy atom. The molecule has 0 saturated carbocycles. The van der Waals surface area contributed by atoms with Gasteiger partial charge in [-0.05, 0) is 28.1 Å². The number of hydrogen-bond acceptors (Lipinski definition) is 1. The van der Waals surface area contributed by atoms with Gasteiger partial charge in [0.15, 0.2) is 0 Å². The number of hydrogen-bond donors (Lipinski definition) is 0. The van der Waals surface area contributed by atoms with Crippen LogP contribution in [-0.4, -0.2) is 9.38 Å². The second-order valence-corrected chi connectivity index (χ2v) is 3.36. The first-order valence-electron chi connectivity index (χ1n) is 3.05. The van der Waals surface area contributed by atoms with E-state index in [9.17, 15) is 0 Å². The minimum atomic E-state index is 0.711. The Morgan fingerprint density at radius 1 is 1.45 bits per heavy atom. The van der Waals surface area contributed by atoms with Crippen LogP contribution in [0.4, 0.5) is 0 Å². The van der Waals surface area contributed by atoms with Gasteiger partial charge >= 0.3 is 0 Å². The van der Waals surface area contributed by atoms with Gasteiger partial charge in [-0.25, -0.2) is 4.98 Å². The summed E-state index contributed by atoms with van der Waals surface area (Å²) in [6.07, 6.45) is 3.53. The van der Waals surface area contributed by atoms with Gasteiger partial charge in [-0.15, -0.1) is 0 Å². The molecule has 2 aromatic heterocycles. The van der Waals surface area contributed by atoms with E-state index in [-0.39, 0.29) is 0 Å². The molecule has 56 valence electrons. The molecule has 0 radical (unpaired) electrons. The lowest BCUT2D eigenvalue weighted by Gasteiger charge is -1.92. The van der Waals surface area contributed by atoms with Crippen LogP contribution in [0.2, 0.25) is 5.02 Å². The van der Waals surface area contributed by atoms with Crippen LogP contribution in [0.15, 0.2) is 29.3 Å². The predicted octanol–water partition coefficient (Wildman–Crippen LogP) is 2.75. The van der Waals surface area contributed by atoms with Crippen LogP contribution in [0.3, 0.4) is 0 Å². The highest BCUT2D eigenvalue weighted by Crippen LogP contribution is 2.18. The van der Waals surface area contributed by atoms with E-state index in [2.05, 4.69) is 20.9 Å². The van der Waals surface area contributed by atoms with Crippen molar-refractivity contribution in [3.05, 3.63) is 34.3 Å². The molecular weight excluding hydrogens is 227 g/mol. The van der Waals surface area contributed by atoms with Gasteiger partial charge in [-0.2, -0.15) is 0 Å². The third kappa shape index (κ3) is 1.14. The fourth-order valence-corrected chi connectivity index (χ4v) is 1.54. The topological polar surface area (TPSA) is 17.3 Å². The molecule has 0 aliphatic rings. The van der Waals surface area contributed by atoms with E-state index in [0.717, 1.165) is 10.1 Å². The number of aromatic nitrogens is 2. The first-order valence-corrected chi connectivity index (χ1v) is 4.22. The summed E-state index contributed by atoms with van der Waals surface area (Å²) in [5, 5.41) is 0.711. The molecule has 0 amide bonds. The van der Waals surface area contributed by atoms with Gasteiger partial charge < -0.3 is 4.40 Å². The molecule has 0 N–H and O–H groups in total. The molecule has 2 aromatic rings. The smallest absolute Gasteiger partial charge is 0.131 e. The monoisotopic (exact) mass is 230 g/mol. The van der Waals surface area contributed by atoms with Crippen LogP contribution < -0.4 is 0 Å². The molecule has 0 aliphatic carbocycles. The minimum Gasteiger partial charge on any atom is -0.304 e. The van der Waals surface area contributed by atoms with Crippen molar-refractivity contribution in [1.29, 1.82) is 0 Å². The lowest BCUT2D eigenvalue weighted by Crippen LogP contribution is -1.79. The van der Waals surface area contributed by atoms with Crippen molar-refractivity contribution in [3.63, 3.8) is 0 Å². The standard InChI is InChI=1S/C7H4BrClN2/c8-7-6-2-1-5(9)3-11(6)4-10-7/h1-4H. The van der Waals surface area contributed by atoms with Crippen molar-refractivity contribution in [2.45, 2.75) is 0 Å². The SMILES string of the molecule is Clc1ccc2c(Br)ncn2c1. The normalized spacial score (nSPS) is 10.7. The molecule has 11 heavy (non-hydrogen) atoms. The number of rotatable bonds is 0. The molecule has 2 rings (SSSR count). The van der Waals surface area contributed by atoms with Gasteiger partial charge in [0.2, 0.25) is 0 Å². The van der Waals surface area contributed by atoms with E-state index >= 15 is 0 Å². The zero-order chi connectivity index (χ0) is 7.84. The van der Waals surface area contributed by atoms with E-state index < -0.39 is 0 Å². The molecule has 0 unspecified atom stereocenters. The van der Waals surface area contributed by atoms with E-state index in [1.807, 2.05) is 22.7 Å². The van der Waals surface area contributed by atoms with Gasteiger partial charge in [0.1, 0.15) is 10.9 Å². The molecule has 0 spiro atoms. The van der Waals surface area contributed by atoms with E-state index in [4.69, 9.17) is 11.6 Å². The van der Waals surface area contributed by atoms with Gasteiger partial charge in [-0.1, -0.05) is 11.6 Å². The van der Waals surface area contributed by atoms with Crippen molar-refractivity contribution in [2.75, 3.05) is 0 Å². The maximum atomic E-state index is 5.76. The van der Waals surface area contributed by atoms with Crippen molar-refractivity contribution in [1.82, 2.24) is 9.38 Å². The van der Waals surface area contributed by atoms with Gasteiger partial charge in [0.25, 0.3) is 0 Å². The third-order valence-corrected chi connectivity index (χ3v) is 2.28. The summed E-state index contributed by atoms with van der Waals surface area (Å²) in [5.74, 6) is 0. The molecule has 2 heterocycles.